The van der Waals surface area contributed by atoms with Crippen molar-refractivity contribution >= 4 is 39.9 Å². The summed E-state index contributed by atoms with van der Waals surface area (Å²) in [6, 6.07) is 19.6. The maximum atomic E-state index is 12.8. The SMILES string of the molecule is COC(=O)c1ccc(Cl)c(NC(=O)C2CCN(Cc3cccc4ccccc34)CC2)c1. The third kappa shape index (κ3) is 4.89. The van der Waals surface area contributed by atoms with Gasteiger partial charge in [-0.05, 0) is 60.5 Å². The molecule has 3 aromatic rings. The van der Waals surface area contributed by atoms with E-state index in [9.17, 15) is 9.59 Å². The molecule has 0 radical (unpaired) electrons. The number of carbonyl (C=O) groups is 2. The maximum Gasteiger partial charge on any atom is 0.337 e. The third-order valence-electron chi connectivity index (χ3n) is 5.88. The van der Waals surface area contributed by atoms with Crippen LogP contribution < -0.4 is 5.32 Å². The third-order valence-corrected chi connectivity index (χ3v) is 6.21. The summed E-state index contributed by atoms with van der Waals surface area (Å²) >= 11 is 6.21. The van der Waals surface area contributed by atoms with Crippen molar-refractivity contribution < 1.29 is 14.3 Å². The number of benzene rings is 3. The summed E-state index contributed by atoms with van der Waals surface area (Å²) < 4.78 is 4.74. The van der Waals surface area contributed by atoms with Gasteiger partial charge in [0.2, 0.25) is 5.91 Å². The fourth-order valence-electron chi connectivity index (χ4n) is 4.13. The van der Waals surface area contributed by atoms with Gasteiger partial charge in [-0.3, -0.25) is 9.69 Å². The number of fused-ring (bicyclic) bond motifs is 1. The van der Waals surface area contributed by atoms with Crippen molar-refractivity contribution in [2.45, 2.75) is 19.4 Å². The molecule has 1 saturated heterocycles. The molecule has 1 heterocycles. The molecule has 0 spiro atoms. The molecule has 0 bridgehead atoms. The van der Waals surface area contributed by atoms with Crippen molar-refractivity contribution in [3.63, 3.8) is 0 Å². The zero-order valence-electron chi connectivity index (χ0n) is 17.4. The van der Waals surface area contributed by atoms with Crippen LogP contribution in [0.5, 0.6) is 0 Å². The number of nitrogens with zero attached hydrogens (tertiary/aromatic N) is 1. The Morgan fingerprint density at radius 3 is 2.58 bits per heavy atom. The highest BCUT2D eigenvalue weighted by Crippen LogP contribution is 2.27. The number of nitrogens with one attached hydrogen (secondary N) is 1. The molecule has 160 valence electrons. The van der Waals surface area contributed by atoms with Gasteiger partial charge in [0.25, 0.3) is 0 Å². The molecule has 1 aliphatic heterocycles. The molecule has 1 fully saturated rings. The normalized spacial score (nSPS) is 15.0. The number of ether oxygens (including phenoxy) is 1. The molecule has 0 aromatic heterocycles. The number of likely N-dealkylation sites (tertiary alicyclic amines) is 1. The summed E-state index contributed by atoms with van der Waals surface area (Å²) in [5, 5.41) is 5.82. The van der Waals surface area contributed by atoms with E-state index in [1.54, 1.807) is 18.2 Å². The Hall–Kier alpha value is -2.89. The second-order valence-electron chi connectivity index (χ2n) is 7.86. The first kappa shape index (κ1) is 21.3. The largest absolute Gasteiger partial charge is 0.465 e. The number of amides is 1. The van der Waals surface area contributed by atoms with Crippen LogP contribution in [0.2, 0.25) is 5.02 Å². The number of esters is 1. The second kappa shape index (κ2) is 9.50. The molecule has 0 saturated carbocycles. The fraction of sp³-hybridized carbons (Fsp3) is 0.280. The minimum atomic E-state index is -0.464. The summed E-state index contributed by atoms with van der Waals surface area (Å²) in [4.78, 5) is 27.0. The predicted molar refractivity (Wildman–Crippen MR) is 123 cm³/mol. The van der Waals surface area contributed by atoms with Crippen LogP contribution in [-0.4, -0.2) is 37.0 Å². The number of hydrogen-bond acceptors (Lipinski definition) is 4. The summed E-state index contributed by atoms with van der Waals surface area (Å²) in [7, 11) is 1.32. The van der Waals surface area contributed by atoms with Gasteiger partial charge < -0.3 is 10.1 Å². The van der Waals surface area contributed by atoms with Crippen molar-refractivity contribution in [1.82, 2.24) is 4.90 Å². The lowest BCUT2D eigenvalue weighted by atomic mass is 9.95. The monoisotopic (exact) mass is 436 g/mol. The van der Waals surface area contributed by atoms with Crippen LogP contribution in [0.4, 0.5) is 5.69 Å². The Morgan fingerprint density at radius 1 is 1.06 bits per heavy atom. The Balaban J connectivity index is 1.37. The molecular formula is C25H25ClN2O3. The van der Waals surface area contributed by atoms with Gasteiger partial charge in [0.1, 0.15) is 0 Å². The number of carbonyl (C=O) groups excluding carboxylic acids is 2. The molecule has 4 rings (SSSR count). The summed E-state index contributed by atoms with van der Waals surface area (Å²) in [6.07, 6.45) is 1.57. The van der Waals surface area contributed by atoms with E-state index < -0.39 is 5.97 Å². The molecule has 1 N–H and O–H groups in total. The van der Waals surface area contributed by atoms with E-state index in [4.69, 9.17) is 16.3 Å². The number of anilines is 1. The lowest BCUT2D eigenvalue weighted by Crippen LogP contribution is -2.37. The van der Waals surface area contributed by atoms with Gasteiger partial charge in [-0.1, -0.05) is 54.1 Å². The smallest absolute Gasteiger partial charge is 0.337 e. The quantitative estimate of drug-likeness (QED) is 0.563. The molecule has 3 aromatic carbocycles. The van der Waals surface area contributed by atoms with Crippen LogP contribution in [0.25, 0.3) is 10.8 Å². The Labute approximate surface area is 186 Å². The van der Waals surface area contributed by atoms with Crippen molar-refractivity contribution in [2.75, 3.05) is 25.5 Å². The molecule has 31 heavy (non-hydrogen) atoms. The summed E-state index contributed by atoms with van der Waals surface area (Å²) in [5.41, 5.74) is 2.10. The highest BCUT2D eigenvalue weighted by Gasteiger charge is 2.26. The number of hydrogen-bond donors (Lipinski definition) is 1. The molecule has 0 atom stereocenters. The summed E-state index contributed by atoms with van der Waals surface area (Å²) in [6.45, 7) is 2.59. The van der Waals surface area contributed by atoms with Gasteiger partial charge in [0.05, 0.1) is 23.4 Å². The Morgan fingerprint density at radius 2 is 1.81 bits per heavy atom. The van der Waals surface area contributed by atoms with E-state index in [-0.39, 0.29) is 11.8 Å². The van der Waals surface area contributed by atoms with E-state index >= 15 is 0 Å². The second-order valence-corrected chi connectivity index (χ2v) is 8.27. The molecule has 0 aliphatic carbocycles. The first-order valence-electron chi connectivity index (χ1n) is 10.4. The van der Waals surface area contributed by atoms with Gasteiger partial charge in [-0.15, -0.1) is 0 Å². The molecule has 6 heteroatoms. The zero-order chi connectivity index (χ0) is 21.8. The fourth-order valence-corrected chi connectivity index (χ4v) is 4.29. The van der Waals surface area contributed by atoms with E-state index in [0.717, 1.165) is 32.5 Å². The van der Waals surface area contributed by atoms with Gasteiger partial charge in [-0.2, -0.15) is 0 Å². The minimum absolute atomic E-state index is 0.0614. The predicted octanol–water partition coefficient (Wildman–Crippen LogP) is 5.13. The van der Waals surface area contributed by atoms with Crippen LogP contribution in [0.3, 0.4) is 0 Å². The highest BCUT2D eigenvalue weighted by molar-refractivity contribution is 6.33. The number of halogens is 1. The average Bonchev–Trinajstić information content (AvgIpc) is 2.80. The molecule has 5 nitrogen and oxygen atoms in total. The first-order valence-corrected chi connectivity index (χ1v) is 10.8. The molecular weight excluding hydrogens is 412 g/mol. The van der Waals surface area contributed by atoms with Crippen molar-refractivity contribution in [3.05, 3.63) is 76.8 Å². The lowest BCUT2D eigenvalue weighted by molar-refractivity contribution is -0.121. The van der Waals surface area contributed by atoms with Crippen LogP contribution in [0, 0.1) is 5.92 Å². The topological polar surface area (TPSA) is 58.6 Å². The number of rotatable bonds is 5. The standard InChI is InChI=1S/C25H25ClN2O3/c1-31-25(30)19-9-10-22(26)23(15-19)27-24(29)18-11-13-28(14-12-18)16-20-7-4-6-17-5-2-3-8-21(17)20/h2-10,15,18H,11-14,16H2,1H3,(H,27,29). The average molecular weight is 437 g/mol. The molecule has 1 amide bonds. The summed E-state index contributed by atoms with van der Waals surface area (Å²) in [5.74, 6) is -0.607. The first-order chi connectivity index (χ1) is 15.0. The minimum Gasteiger partial charge on any atom is -0.465 e. The van der Waals surface area contributed by atoms with Crippen molar-refractivity contribution in [3.8, 4) is 0 Å². The van der Waals surface area contributed by atoms with E-state index in [2.05, 4.69) is 52.7 Å². The molecule has 0 unspecified atom stereocenters. The lowest BCUT2D eigenvalue weighted by Gasteiger charge is -2.31. The van der Waals surface area contributed by atoms with E-state index in [1.807, 2.05) is 0 Å². The number of piperidine rings is 1. The van der Waals surface area contributed by atoms with Crippen LogP contribution in [0.15, 0.2) is 60.7 Å². The Bertz CT molecular complexity index is 1100. The molecule has 1 aliphatic rings. The van der Waals surface area contributed by atoms with Crippen LogP contribution >= 0.6 is 11.6 Å². The van der Waals surface area contributed by atoms with Gasteiger partial charge in [0, 0.05) is 12.5 Å². The van der Waals surface area contributed by atoms with Gasteiger partial charge >= 0.3 is 5.97 Å². The van der Waals surface area contributed by atoms with Gasteiger partial charge in [0.15, 0.2) is 0 Å². The highest BCUT2D eigenvalue weighted by atomic mass is 35.5. The van der Waals surface area contributed by atoms with Crippen LogP contribution in [0.1, 0.15) is 28.8 Å². The van der Waals surface area contributed by atoms with Crippen molar-refractivity contribution in [1.29, 1.82) is 0 Å². The number of methoxy groups -OCH3 is 1. The van der Waals surface area contributed by atoms with Crippen LogP contribution in [-0.2, 0) is 16.1 Å². The van der Waals surface area contributed by atoms with E-state index in [0.29, 0.717) is 16.3 Å². The Kier molecular flexibility index (Phi) is 6.54. The zero-order valence-corrected chi connectivity index (χ0v) is 18.2. The van der Waals surface area contributed by atoms with Gasteiger partial charge in [-0.25, -0.2) is 4.79 Å². The van der Waals surface area contributed by atoms with E-state index in [1.165, 1.54) is 23.4 Å². The van der Waals surface area contributed by atoms with Crippen molar-refractivity contribution in [2.24, 2.45) is 5.92 Å². The maximum absolute atomic E-state index is 12.8.